The average molecular weight is 373 g/mol. The third-order valence-corrected chi connectivity index (χ3v) is 5.35. The molecule has 0 spiro atoms. The first-order valence-corrected chi connectivity index (χ1v) is 9.99. The van der Waals surface area contributed by atoms with E-state index in [1.165, 1.54) is 19.3 Å². The van der Waals surface area contributed by atoms with E-state index in [0.717, 1.165) is 25.9 Å². The van der Waals surface area contributed by atoms with Gasteiger partial charge in [-0.15, -0.1) is 0 Å². The van der Waals surface area contributed by atoms with Gasteiger partial charge in [-0.25, -0.2) is 0 Å². The van der Waals surface area contributed by atoms with Crippen LogP contribution in [-0.4, -0.2) is 48.5 Å². The third kappa shape index (κ3) is 5.96. The van der Waals surface area contributed by atoms with Crippen LogP contribution in [0.1, 0.15) is 46.0 Å². The zero-order valence-electron chi connectivity index (χ0n) is 16.4. The fourth-order valence-electron chi connectivity index (χ4n) is 3.38. The molecule has 0 radical (unpaired) electrons. The van der Waals surface area contributed by atoms with Gasteiger partial charge in [0, 0.05) is 29.8 Å². The Kier molecular flexibility index (Phi) is 6.37. The molecule has 0 atom stereocenters. The zero-order valence-corrected chi connectivity index (χ0v) is 16.4. The topological polar surface area (TPSA) is 70.7 Å². The summed E-state index contributed by atoms with van der Waals surface area (Å²) in [5.74, 6) is 0.662. The maximum atomic E-state index is 12.2. The lowest BCUT2D eigenvalue weighted by molar-refractivity contribution is -0.123. The molecule has 2 fully saturated rings. The number of hydrogen-bond acceptors (Lipinski definition) is 4. The van der Waals surface area contributed by atoms with Gasteiger partial charge in [-0.3, -0.25) is 14.5 Å². The lowest BCUT2D eigenvalue weighted by Gasteiger charge is -2.41. The van der Waals surface area contributed by atoms with Crippen molar-refractivity contribution in [3.8, 4) is 5.75 Å². The lowest BCUT2D eigenvalue weighted by atomic mass is 9.98. The maximum Gasteiger partial charge on any atom is 0.258 e. The molecule has 27 heavy (non-hydrogen) atoms. The maximum absolute atomic E-state index is 12.2. The van der Waals surface area contributed by atoms with Crippen LogP contribution in [0.3, 0.4) is 0 Å². The number of benzene rings is 1. The van der Waals surface area contributed by atoms with E-state index >= 15 is 0 Å². The largest absolute Gasteiger partial charge is 0.484 e. The average Bonchev–Trinajstić information content (AvgIpc) is 3.51. The molecule has 3 rings (SSSR count). The van der Waals surface area contributed by atoms with E-state index in [-0.39, 0.29) is 29.9 Å². The predicted molar refractivity (Wildman–Crippen MR) is 106 cm³/mol. The minimum atomic E-state index is -0.132. The van der Waals surface area contributed by atoms with Crippen LogP contribution in [0.4, 0.5) is 5.69 Å². The van der Waals surface area contributed by atoms with Crippen LogP contribution in [0.5, 0.6) is 5.75 Å². The first-order valence-electron chi connectivity index (χ1n) is 9.99. The van der Waals surface area contributed by atoms with E-state index in [4.69, 9.17) is 4.74 Å². The van der Waals surface area contributed by atoms with Gasteiger partial charge in [-0.05, 0) is 64.8 Å². The fourth-order valence-corrected chi connectivity index (χ4v) is 3.38. The summed E-state index contributed by atoms with van der Waals surface area (Å²) in [5.41, 5.74) is 0.652. The monoisotopic (exact) mass is 373 g/mol. The summed E-state index contributed by atoms with van der Waals surface area (Å²) >= 11 is 0. The molecule has 1 aliphatic carbocycles. The quantitative estimate of drug-likeness (QED) is 0.735. The van der Waals surface area contributed by atoms with Gasteiger partial charge in [0.05, 0.1) is 0 Å². The molecule has 0 unspecified atom stereocenters. The molecular weight excluding hydrogens is 342 g/mol. The number of rotatable bonds is 8. The molecule has 6 nitrogen and oxygen atoms in total. The van der Waals surface area contributed by atoms with Crippen molar-refractivity contribution in [2.45, 2.75) is 51.5 Å². The van der Waals surface area contributed by atoms with Gasteiger partial charge in [0.1, 0.15) is 5.75 Å². The Hall–Kier alpha value is -2.08. The zero-order chi connectivity index (χ0) is 19.3. The van der Waals surface area contributed by atoms with Crippen molar-refractivity contribution >= 4 is 17.5 Å². The van der Waals surface area contributed by atoms with E-state index in [1.54, 1.807) is 12.1 Å². The number of carbonyl (C=O) groups is 2. The van der Waals surface area contributed by atoms with Gasteiger partial charge in [-0.2, -0.15) is 0 Å². The van der Waals surface area contributed by atoms with Crippen molar-refractivity contribution < 1.29 is 14.3 Å². The van der Waals surface area contributed by atoms with Crippen LogP contribution in [0, 0.1) is 5.92 Å². The van der Waals surface area contributed by atoms with Crippen molar-refractivity contribution in [2.24, 2.45) is 5.92 Å². The highest BCUT2D eigenvalue weighted by atomic mass is 16.5. The second kappa shape index (κ2) is 8.74. The number of carbonyl (C=O) groups excluding carboxylic acids is 2. The Morgan fingerprint density at radius 3 is 2.63 bits per heavy atom. The molecule has 2 amide bonds. The Labute approximate surface area is 161 Å². The molecule has 1 aromatic rings. The summed E-state index contributed by atoms with van der Waals surface area (Å²) in [6, 6.07) is 7.19. The van der Waals surface area contributed by atoms with Crippen molar-refractivity contribution in [1.29, 1.82) is 0 Å². The Balaban J connectivity index is 1.42. The van der Waals surface area contributed by atoms with E-state index in [0.29, 0.717) is 18.0 Å². The first kappa shape index (κ1) is 19.7. The van der Waals surface area contributed by atoms with Crippen molar-refractivity contribution in [1.82, 2.24) is 10.2 Å². The molecule has 0 aromatic heterocycles. The van der Waals surface area contributed by atoms with E-state index in [9.17, 15) is 9.59 Å². The minimum Gasteiger partial charge on any atom is -0.484 e. The summed E-state index contributed by atoms with van der Waals surface area (Å²) in [7, 11) is 0. The number of nitrogens with one attached hydrogen (secondary N) is 2. The number of amides is 2. The SMILES string of the molecule is CC(C)(CNC(=O)COc1cccc(NC(=O)C2CC2)c1)N1CCCCC1. The van der Waals surface area contributed by atoms with Gasteiger partial charge in [0.15, 0.2) is 6.61 Å². The van der Waals surface area contributed by atoms with E-state index < -0.39 is 0 Å². The molecule has 2 aliphatic rings. The molecule has 1 heterocycles. The molecule has 0 bridgehead atoms. The third-order valence-electron chi connectivity index (χ3n) is 5.35. The highest BCUT2D eigenvalue weighted by Gasteiger charge is 2.30. The Morgan fingerprint density at radius 2 is 1.93 bits per heavy atom. The van der Waals surface area contributed by atoms with Gasteiger partial charge in [-0.1, -0.05) is 12.5 Å². The Morgan fingerprint density at radius 1 is 1.19 bits per heavy atom. The molecule has 1 saturated carbocycles. The number of anilines is 1. The number of ether oxygens (including phenoxy) is 1. The first-order chi connectivity index (χ1) is 12.9. The van der Waals surface area contributed by atoms with Crippen LogP contribution in [-0.2, 0) is 9.59 Å². The summed E-state index contributed by atoms with van der Waals surface area (Å²) in [5, 5.41) is 5.87. The summed E-state index contributed by atoms with van der Waals surface area (Å²) in [6.45, 7) is 7.11. The number of hydrogen-bond donors (Lipinski definition) is 2. The molecular formula is C21H31N3O3. The standard InChI is InChI=1S/C21H31N3O3/c1-21(2,24-11-4-3-5-12-24)15-22-19(25)14-27-18-8-6-7-17(13-18)23-20(26)16-9-10-16/h6-8,13,16H,3-5,9-12,14-15H2,1-2H3,(H,22,25)(H,23,26). The van der Waals surface area contributed by atoms with E-state index in [1.807, 2.05) is 12.1 Å². The highest BCUT2D eigenvalue weighted by molar-refractivity contribution is 5.94. The lowest BCUT2D eigenvalue weighted by Crippen LogP contribution is -2.53. The molecule has 148 valence electrons. The number of piperidine rings is 1. The van der Waals surface area contributed by atoms with Gasteiger partial charge < -0.3 is 15.4 Å². The normalized spacial score (nSPS) is 18.0. The highest BCUT2D eigenvalue weighted by Crippen LogP contribution is 2.30. The molecule has 1 aliphatic heterocycles. The molecule has 6 heteroatoms. The minimum absolute atomic E-state index is 0.0316. The second-order valence-electron chi connectivity index (χ2n) is 8.22. The fraction of sp³-hybridized carbons (Fsp3) is 0.619. The smallest absolute Gasteiger partial charge is 0.258 e. The van der Waals surface area contributed by atoms with Crippen molar-refractivity contribution in [3.05, 3.63) is 24.3 Å². The van der Waals surface area contributed by atoms with Crippen LogP contribution in [0.2, 0.25) is 0 Å². The van der Waals surface area contributed by atoms with Gasteiger partial charge in [0.25, 0.3) is 5.91 Å². The van der Waals surface area contributed by atoms with Gasteiger partial charge >= 0.3 is 0 Å². The molecule has 2 N–H and O–H groups in total. The van der Waals surface area contributed by atoms with Crippen LogP contribution in [0.25, 0.3) is 0 Å². The van der Waals surface area contributed by atoms with Crippen LogP contribution >= 0.6 is 0 Å². The van der Waals surface area contributed by atoms with Crippen LogP contribution < -0.4 is 15.4 Å². The van der Waals surface area contributed by atoms with Crippen molar-refractivity contribution in [2.75, 3.05) is 31.6 Å². The van der Waals surface area contributed by atoms with Gasteiger partial charge in [0.2, 0.25) is 5.91 Å². The summed E-state index contributed by atoms with van der Waals surface area (Å²) in [6.07, 6.45) is 5.70. The molecule has 1 aromatic carbocycles. The number of likely N-dealkylation sites (tertiary alicyclic amines) is 1. The predicted octanol–water partition coefficient (Wildman–Crippen LogP) is 2.79. The van der Waals surface area contributed by atoms with E-state index in [2.05, 4.69) is 29.4 Å². The number of nitrogens with zero attached hydrogens (tertiary/aromatic N) is 1. The molecule has 1 saturated heterocycles. The summed E-state index contributed by atoms with van der Waals surface area (Å²) in [4.78, 5) is 26.5. The summed E-state index contributed by atoms with van der Waals surface area (Å²) < 4.78 is 5.60. The second-order valence-corrected chi connectivity index (χ2v) is 8.22. The van der Waals surface area contributed by atoms with Crippen molar-refractivity contribution in [3.63, 3.8) is 0 Å². The van der Waals surface area contributed by atoms with Crippen LogP contribution in [0.15, 0.2) is 24.3 Å². The Bertz CT molecular complexity index is 664.